The SMILES string of the molecule is Cc1ccc(CNC(=O)CCCc2nc3cccnc3n2CCC(C)C)cc1. The van der Waals surface area contributed by atoms with Gasteiger partial charge in [-0.3, -0.25) is 4.79 Å². The van der Waals surface area contributed by atoms with Gasteiger partial charge in [-0.2, -0.15) is 0 Å². The number of aromatic nitrogens is 3. The third-order valence-electron chi connectivity index (χ3n) is 4.93. The Kier molecular flexibility index (Phi) is 6.80. The normalized spacial score (nSPS) is 11.3. The van der Waals surface area contributed by atoms with E-state index in [2.05, 4.69) is 59.9 Å². The maximum absolute atomic E-state index is 12.2. The van der Waals surface area contributed by atoms with Crippen molar-refractivity contribution in [3.05, 3.63) is 59.5 Å². The first-order valence-electron chi connectivity index (χ1n) is 10.2. The van der Waals surface area contributed by atoms with Gasteiger partial charge in [0.25, 0.3) is 0 Å². The van der Waals surface area contributed by atoms with Crippen molar-refractivity contribution in [2.24, 2.45) is 5.92 Å². The molecule has 3 rings (SSSR count). The molecule has 0 saturated heterocycles. The number of rotatable bonds is 9. The highest BCUT2D eigenvalue weighted by atomic mass is 16.1. The summed E-state index contributed by atoms with van der Waals surface area (Å²) in [6.45, 7) is 8.01. The fourth-order valence-corrected chi connectivity index (χ4v) is 3.22. The summed E-state index contributed by atoms with van der Waals surface area (Å²) >= 11 is 0. The molecular weight excluding hydrogens is 348 g/mol. The minimum Gasteiger partial charge on any atom is -0.352 e. The van der Waals surface area contributed by atoms with Crippen molar-refractivity contribution in [2.75, 3.05) is 0 Å². The number of carbonyl (C=O) groups is 1. The number of hydrogen-bond acceptors (Lipinski definition) is 3. The molecule has 0 bridgehead atoms. The average molecular weight is 379 g/mol. The number of aryl methyl sites for hydroxylation is 3. The van der Waals surface area contributed by atoms with Gasteiger partial charge in [0.2, 0.25) is 5.91 Å². The number of pyridine rings is 1. The van der Waals surface area contributed by atoms with Gasteiger partial charge in [-0.05, 0) is 43.4 Å². The van der Waals surface area contributed by atoms with Crippen LogP contribution in [0, 0.1) is 12.8 Å². The van der Waals surface area contributed by atoms with Gasteiger partial charge in [-0.25, -0.2) is 9.97 Å². The maximum atomic E-state index is 12.2. The summed E-state index contributed by atoms with van der Waals surface area (Å²) < 4.78 is 2.22. The van der Waals surface area contributed by atoms with Crippen molar-refractivity contribution >= 4 is 17.1 Å². The van der Waals surface area contributed by atoms with E-state index in [0.717, 1.165) is 48.4 Å². The van der Waals surface area contributed by atoms with Crippen LogP contribution in [0.2, 0.25) is 0 Å². The molecule has 1 aromatic carbocycles. The first-order valence-corrected chi connectivity index (χ1v) is 10.2. The van der Waals surface area contributed by atoms with Crippen molar-refractivity contribution in [2.45, 2.75) is 59.5 Å². The summed E-state index contributed by atoms with van der Waals surface area (Å²) in [5, 5.41) is 3.01. The molecule has 2 aromatic heterocycles. The van der Waals surface area contributed by atoms with Gasteiger partial charge in [-0.1, -0.05) is 43.7 Å². The Morgan fingerprint density at radius 3 is 2.71 bits per heavy atom. The van der Waals surface area contributed by atoms with E-state index in [0.29, 0.717) is 18.9 Å². The first kappa shape index (κ1) is 20.1. The fraction of sp³-hybridized carbons (Fsp3) is 0.435. The number of imidazole rings is 1. The smallest absolute Gasteiger partial charge is 0.220 e. The van der Waals surface area contributed by atoms with Crippen LogP contribution >= 0.6 is 0 Å². The minimum absolute atomic E-state index is 0.0866. The third kappa shape index (κ3) is 5.41. The second kappa shape index (κ2) is 9.49. The maximum Gasteiger partial charge on any atom is 0.220 e. The minimum atomic E-state index is 0.0866. The quantitative estimate of drug-likeness (QED) is 0.599. The number of fused-ring (bicyclic) bond motifs is 1. The Bertz CT molecular complexity index is 912. The van der Waals surface area contributed by atoms with E-state index in [9.17, 15) is 4.79 Å². The number of nitrogens with zero attached hydrogens (tertiary/aromatic N) is 3. The van der Waals surface area contributed by atoms with E-state index in [1.807, 2.05) is 18.3 Å². The summed E-state index contributed by atoms with van der Waals surface area (Å²) in [6.07, 6.45) is 4.98. The van der Waals surface area contributed by atoms with E-state index in [4.69, 9.17) is 4.98 Å². The molecule has 0 aliphatic carbocycles. The van der Waals surface area contributed by atoms with E-state index in [-0.39, 0.29) is 5.91 Å². The van der Waals surface area contributed by atoms with Crippen LogP contribution in [-0.4, -0.2) is 20.4 Å². The Morgan fingerprint density at radius 2 is 1.96 bits per heavy atom. The molecule has 148 valence electrons. The number of amides is 1. The second-order valence-electron chi connectivity index (χ2n) is 7.82. The van der Waals surface area contributed by atoms with Crippen molar-refractivity contribution < 1.29 is 4.79 Å². The molecule has 0 atom stereocenters. The summed E-state index contributed by atoms with van der Waals surface area (Å²) in [6, 6.07) is 12.2. The monoisotopic (exact) mass is 378 g/mol. The van der Waals surface area contributed by atoms with E-state index in [1.54, 1.807) is 0 Å². The number of benzene rings is 1. The summed E-state index contributed by atoms with van der Waals surface area (Å²) in [5.41, 5.74) is 4.23. The van der Waals surface area contributed by atoms with Gasteiger partial charge < -0.3 is 9.88 Å². The van der Waals surface area contributed by atoms with E-state index >= 15 is 0 Å². The molecule has 1 amide bonds. The van der Waals surface area contributed by atoms with Crippen molar-refractivity contribution in [3.63, 3.8) is 0 Å². The van der Waals surface area contributed by atoms with E-state index in [1.165, 1.54) is 5.56 Å². The highest BCUT2D eigenvalue weighted by molar-refractivity contribution is 5.76. The van der Waals surface area contributed by atoms with E-state index < -0.39 is 0 Å². The lowest BCUT2D eigenvalue weighted by molar-refractivity contribution is -0.121. The van der Waals surface area contributed by atoms with Crippen molar-refractivity contribution in [1.29, 1.82) is 0 Å². The Balaban J connectivity index is 1.54. The van der Waals surface area contributed by atoms with Gasteiger partial charge in [0, 0.05) is 32.1 Å². The second-order valence-corrected chi connectivity index (χ2v) is 7.82. The molecule has 0 aliphatic rings. The molecule has 0 saturated carbocycles. The van der Waals surface area contributed by atoms with Crippen LogP contribution in [0.25, 0.3) is 11.2 Å². The molecule has 0 aliphatic heterocycles. The standard InChI is InChI=1S/C23H30N4O/c1-17(2)13-15-27-21(26-20-6-5-14-24-23(20)27)7-4-8-22(28)25-16-19-11-9-18(3)10-12-19/h5-6,9-12,14,17H,4,7-8,13,15-16H2,1-3H3,(H,25,28). The zero-order valence-corrected chi connectivity index (χ0v) is 17.1. The molecule has 3 aromatic rings. The summed E-state index contributed by atoms with van der Waals surface area (Å²) in [4.78, 5) is 21.5. The molecule has 0 fully saturated rings. The summed E-state index contributed by atoms with van der Waals surface area (Å²) in [7, 11) is 0. The predicted molar refractivity (Wildman–Crippen MR) is 113 cm³/mol. The molecule has 2 heterocycles. The number of carbonyl (C=O) groups excluding carboxylic acids is 1. The Hall–Kier alpha value is -2.69. The highest BCUT2D eigenvalue weighted by Gasteiger charge is 2.12. The van der Waals surface area contributed by atoms with Gasteiger partial charge in [0.1, 0.15) is 11.3 Å². The summed E-state index contributed by atoms with van der Waals surface area (Å²) in [5.74, 6) is 1.74. The molecule has 5 nitrogen and oxygen atoms in total. The molecule has 0 unspecified atom stereocenters. The molecule has 0 radical (unpaired) electrons. The Labute approximate surface area is 167 Å². The molecule has 28 heavy (non-hydrogen) atoms. The molecule has 0 spiro atoms. The lowest BCUT2D eigenvalue weighted by Gasteiger charge is -2.10. The lowest BCUT2D eigenvalue weighted by atomic mass is 10.1. The van der Waals surface area contributed by atoms with Crippen LogP contribution in [0.3, 0.4) is 0 Å². The predicted octanol–water partition coefficient (Wildman–Crippen LogP) is 4.42. The lowest BCUT2D eigenvalue weighted by Crippen LogP contribution is -2.22. The molecule has 1 N–H and O–H groups in total. The van der Waals surface area contributed by atoms with Crippen LogP contribution < -0.4 is 5.32 Å². The van der Waals surface area contributed by atoms with Crippen molar-refractivity contribution in [1.82, 2.24) is 19.9 Å². The number of nitrogens with one attached hydrogen (secondary N) is 1. The molecule has 5 heteroatoms. The zero-order chi connectivity index (χ0) is 19.9. The first-order chi connectivity index (χ1) is 13.5. The van der Waals surface area contributed by atoms with Crippen LogP contribution in [0.1, 0.15) is 50.1 Å². The number of hydrogen-bond donors (Lipinski definition) is 1. The average Bonchev–Trinajstić information content (AvgIpc) is 3.03. The van der Waals surface area contributed by atoms with Gasteiger partial charge >= 0.3 is 0 Å². The van der Waals surface area contributed by atoms with Crippen molar-refractivity contribution in [3.8, 4) is 0 Å². The zero-order valence-electron chi connectivity index (χ0n) is 17.1. The van der Waals surface area contributed by atoms with Crippen LogP contribution in [0.4, 0.5) is 0 Å². The van der Waals surface area contributed by atoms with Gasteiger partial charge in [0.05, 0.1) is 0 Å². The topological polar surface area (TPSA) is 59.8 Å². The third-order valence-corrected chi connectivity index (χ3v) is 4.93. The fourth-order valence-electron chi connectivity index (χ4n) is 3.22. The van der Waals surface area contributed by atoms with Crippen LogP contribution in [-0.2, 0) is 24.3 Å². The van der Waals surface area contributed by atoms with Crippen LogP contribution in [0.15, 0.2) is 42.6 Å². The largest absolute Gasteiger partial charge is 0.352 e. The van der Waals surface area contributed by atoms with Gasteiger partial charge in [-0.15, -0.1) is 0 Å². The van der Waals surface area contributed by atoms with Crippen LogP contribution in [0.5, 0.6) is 0 Å². The Morgan fingerprint density at radius 1 is 1.18 bits per heavy atom. The van der Waals surface area contributed by atoms with Gasteiger partial charge in [0.15, 0.2) is 5.65 Å². The molecular formula is C23H30N4O. The highest BCUT2D eigenvalue weighted by Crippen LogP contribution is 2.17.